The maximum absolute atomic E-state index is 11.3. The summed E-state index contributed by atoms with van der Waals surface area (Å²) in [4.78, 5) is 13.8. The van der Waals surface area contributed by atoms with Gasteiger partial charge in [0.2, 0.25) is 5.91 Å². The highest BCUT2D eigenvalue weighted by atomic mass is 16.1. The summed E-state index contributed by atoms with van der Waals surface area (Å²) < 4.78 is 0. The predicted molar refractivity (Wildman–Crippen MR) is 79.3 cm³/mol. The van der Waals surface area contributed by atoms with E-state index in [0.717, 1.165) is 38.0 Å². The maximum atomic E-state index is 11.3. The average Bonchev–Trinajstić information content (AvgIpc) is 2.94. The molecule has 0 saturated carbocycles. The van der Waals surface area contributed by atoms with Gasteiger partial charge in [0, 0.05) is 30.7 Å². The molecule has 0 aromatic heterocycles. The lowest BCUT2D eigenvalue weighted by Crippen LogP contribution is -2.43. The quantitative estimate of drug-likeness (QED) is 0.870. The minimum atomic E-state index is -0.353. The van der Waals surface area contributed by atoms with Crippen LogP contribution in [0, 0.1) is 11.8 Å². The molecule has 1 aromatic rings. The molecule has 3 N–H and O–H groups in total. The molecule has 0 bridgehead atoms. The Kier molecular flexibility index (Phi) is 3.30. The Morgan fingerprint density at radius 1 is 1.45 bits per heavy atom. The molecular formula is C16H23N3O. The van der Waals surface area contributed by atoms with Crippen molar-refractivity contribution in [3.8, 4) is 0 Å². The van der Waals surface area contributed by atoms with Crippen LogP contribution in [0.4, 0.5) is 0 Å². The number of nitrogens with zero attached hydrogens (tertiary/aromatic N) is 1. The number of carbonyl (C=O) groups is 1. The first-order valence-corrected chi connectivity index (χ1v) is 7.33. The van der Waals surface area contributed by atoms with Crippen molar-refractivity contribution in [2.45, 2.75) is 25.9 Å². The first-order valence-electron chi connectivity index (χ1n) is 7.33. The fourth-order valence-corrected chi connectivity index (χ4v) is 3.82. The Morgan fingerprint density at radius 3 is 2.95 bits per heavy atom. The molecule has 1 aromatic carbocycles. The van der Waals surface area contributed by atoms with Gasteiger partial charge in [0.15, 0.2) is 0 Å². The number of hydrogen-bond donors (Lipinski definition) is 2. The number of nitrogens with one attached hydrogen (secondary N) is 1. The van der Waals surface area contributed by atoms with Crippen molar-refractivity contribution < 1.29 is 4.79 Å². The molecule has 4 nitrogen and oxygen atoms in total. The molecule has 2 aliphatic rings. The summed E-state index contributed by atoms with van der Waals surface area (Å²) in [7, 11) is 0. The molecule has 4 heteroatoms. The summed E-state index contributed by atoms with van der Waals surface area (Å²) in [6, 6.07) is 7.69. The number of nitrogens with two attached hydrogens (primary N) is 1. The van der Waals surface area contributed by atoms with E-state index in [-0.39, 0.29) is 11.4 Å². The van der Waals surface area contributed by atoms with Crippen LogP contribution >= 0.6 is 0 Å². The van der Waals surface area contributed by atoms with E-state index in [2.05, 4.69) is 30.1 Å². The van der Waals surface area contributed by atoms with Crippen molar-refractivity contribution in [2.24, 2.45) is 17.6 Å². The Balaban J connectivity index is 1.78. The Labute approximate surface area is 120 Å². The third-order valence-corrected chi connectivity index (χ3v) is 5.10. The molecule has 0 aliphatic carbocycles. The molecule has 0 spiro atoms. The smallest absolute Gasteiger partial charge is 0.248 e. The minimum absolute atomic E-state index is 0.205. The van der Waals surface area contributed by atoms with Crippen molar-refractivity contribution in [1.82, 2.24) is 10.2 Å². The van der Waals surface area contributed by atoms with Crippen LogP contribution in [0.1, 0.15) is 29.8 Å². The van der Waals surface area contributed by atoms with Gasteiger partial charge >= 0.3 is 0 Å². The summed E-state index contributed by atoms with van der Waals surface area (Å²) in [5.74, 6) is 1.12. The van der Waals surface area contributed by atoms with Crippen LogP contribution < -0.4 is 11.1 Å². The zero-order valence-electron chi connectivity index (χ0n) is 12.2. The molecule has 2 fully saturated rings. The monoisotopic (exact) mass is 273 g/mol. The molecular weight excluding hydrogens is 250 g/mol. The second kappa shape index (κ2) is 4.86. The maximum Gasteiger partial charge on any atom is 0.248 e. The Morgan fingerprint density at radius 2 is 2.25 bits per heavy atom. The predicted octanol–water partition coefficient (Wildman–Crippen LogP) is 1.22. The Bertz CT molecular complexity index is 526. The van der Waals surface area contributed by atoms with Gasteiger partial charge < -0.3 is 11.1 Å². The number of likely N-dealkylation sites (tertiary alicyclic amines) is 1. The van der Waals surface area contributed by atoms with Gasteiger partial charge in [-0.3, -0.25) is 9.69 Å². The van der Waals surface area contributed by atoms with E-state index in [1.165, 1.54) is 5.56 Å². The van der Waals surface area contributed by atoms with E-state index in [0.29, 0.717) is 5.56 Å². The summed E-state index contributed by atoms with van der Waals surface area (Å²) >= 11 is 0. The van der Waals surface area contributed by atoms with Gasteiger partial charge in [-0.05, 0) is 49.9 Å². The zero-order valence-corrected chi connectivity index (χ0v) is 12.2. The van der Waals surface area contributed by atoms with Crippen LogP contribution in [0.15, 0.2) is 24.3 Å². The van der Waals surface area contributed by atoms with Crippen LogP contribution in [0.5, 0.6) is 0 Å². The molecule has 20 heavy (non-hydrogen) atoms. The fraction of sp³-hybridized carbons (Fsp3) is 0.562. The molecule has 2 aliphatic heterocycles. The van der Waals surface area contributed by atoms with Crippen molar-refractivity contribution in [2.75, 3.05) is 19.6 Å². The van der Waals surface area contributed by atoms with Crippen molar-refractivity contribution >= 4 is 5.91 Å². The number of benzene rings is 1. The van der Waals surface area contributed by atoms with Crippen LogP contribution in [0.2, 0.25) is 0 Å². The van der Waals surface area contributed by atoms with Gasteiger partial charge in [0.25, 0.3) is 0 Å². The second-order valence-electron chi connectivity index (χ2n) is 6.62. The molecule has 1 amide bonds. The number of primary amides is 1. The largest absolute Gasteiger partial charge is 0.366 e. The van der Waals surface area contributed by atoms with Crippen molar-refractivity contribution in [3.05, 3.63) is 35.4 Å². The van der Waals surface area contributed by atoms with Crippen molar-refractivity contribution in [1.29, 1.82) is 0 Å². The van der Waals surface area contributed by atoms with Gasteiger partial charge in [-0.2, -0.15) is 0 Å². The SMILES string of the molecule is CC1(C)C2CNCC2CN1Cc1cccc(C(N)=O)c1. The molecule has 3 rings (SSSR count). The minimum Gasteiger partial charge on any atom is -0.366 e. The topological polar surface area (TPSA) is 58.4 Å². The highest BCUT2D eigenvalue weighted by Gasteiger charge is 2.49. The number of rotatable bonds is 3. The van der Waals surface area contributed by atoms with E-state index in [9.17, 15) is 4.79 Å². The van der Waals surface area contributed by atoms with Crippen LogP contribution in [-0.4, -0.2) is 36.0 Å². The lowest BCUT2D eigenvalue weighted by molar-refractivity contribution is 0.1000. The summed E-state index contributed by atoms with van der Waals surface area (Å²) in [5, 5.41) is 3.50. The van der Waals surface area contributed by atoms with Crippen LogP contribution in [0.25, 0.3) is 0 Å². The van der Waals surface area contributed by atoms with Crippen LogP contribution in [-0.2, 0) is 6.54 Å². The lowest BCUT2D eigenvalue weighted by atomic mass is 9.85. The highest BCUT2D eigenvalue weighted by molar-refractivity contribution is 5.92. The van der Waals surface area contributed by atoms with E-state index in [4.69, 9.17) is 5.73 Å². The van der Waals surface area contributed by atoms with E-state index < -0.39 is 0 Å². The molecule has 2 heterocycles. The van der Waals surface area contributed by atoms with E-state index in [1.807, 2.05) is 12.1 Å². The standard InChI is InChI=1S/C16H23N3O/c1-16(2)14-8-18-7-13(14)10-19(16)9-11-4-3-5-12(6-11)15(17)20/h3-6,13-14,18H,7-10H2,1-2H3,(H2,17,20). The van der Waals surface area contributed by atoms with Gasteiger partial charge in [0.05, 0.1) is 0 Å². The second-order valence-corrected chi connectivity index (χ2v) is 6.62. The number of hydrogen-bond acceptors (Lipinski definition) is 3. The summed E-state index contributed by atoms with van der Waals surface area (Å²) in [6.45, 7) is 8.94. The third kappa shape index (κ3) is 2.23. The first kappa shape index (κ1) is 13.6. The fourth-order valence-electron chi connectivity index (χ4n) is 3.82. The van der Waals surface area contributed by atoms with E-state index in [1.54, 1.807) is 6.07 Å². The molecule has 0 radical (unpaired) electrons. The van der Waals surface area contributed by atoms with Gasteiger partial charge in [-0.15, -0.1) is 0 Å². The Hall–Kier alpha value is -1.39. The third-order valence-electron chi connectivity index (χ3n) is 5.10. The highest BCUT2D eigenvalue weighted by Crippen LogP contribution is 2.41. The normalized spacial score (nSPS) is 28.5. The summed E-state index contributed by atoms with van der Waals surface area (Å²) in [6.07, 6.45) is 0. The average molecular weight is 273 g/mol. The van der Waals surface area contributed by atoms with Gasteiger partial charge in [0.1, 0.15) is 0 Å². The lowest BCUT2D eigenvalue weighted by Gasteiger charge is -2.35. The first-order chi connectivity index (χ1) is 9.48. The molecule has 108 valence electrons. The number of amides is 1. The van der Waals surface area contributed by atoms with Gasteiger partial charge in [-0.1, -0.05) is 12.1 Å². The molecule has 2 saturated heterocycles. The van der Waals surface area contributed by atoms with E-state index >= 15 is 0 Å². The number of fused-ring (bicyclic) bond motifs is 1. The van der Waals surface area contributed by atoms with Crippen molar-refractivity contribution in [3.63, 3.8) is 0 Å². The summed E-state index contributed by atoms with van der Waals surface area (Å²) in [5.41, 5.74) is 7.33. The van der Waals surface area contributed by atoms with Gasteiger partial charge in [-0.25, -0.2) is 0 Å². The zero-order chi connectivity index (χ0) is 14.3. The molecule has 2 unspecified atom stereocenters. The molecule has 2 atom stereocenters. The number of carbonyl (C=O) groups excluding carboxylic acids is 1. The van der Waals surface area contributed by atoms with Crippen LogP contribution in [0.3, 0.4) is 0 Å².